The Bertz CT molecular complexity index is 639. The van der Waals surface area contributed by atoms with E-state index in [-0.39, 0.29) is 11.8 Å². The van der Waals surface area contributed by atoms with E-state index in [1.165, 1.54) is 10.5 Å². The van der Waals surface area contributed by atoms with E-state index in [1.54, 1.807) is 23.9 Å². The molecule has 0 saturated carbocycles. The van der Waals surface area contributed by atoms with Crippen molar-refractivity contribution in [3.05, 3.63) is 40.7 Å². The molecule has 0 aliphatic carbocycles. The molecule has 4 nitrogen and oxygen atoms in total. The fraction of sp³-hybridized carbons (Fsp3) is 0.286. The fourth-order valence-corrected chi connectivity index (χ4v) is 3.26. The molecule has 1 amide bonds. The van der Waals surface area contributed by atoms with E-state index in [4.69, 9.17) is 0 Å². The van der Waals surface area contributed by atoms with Gasteiger partial charge in [0.05, 0.1) is 12.0 Å². The summed E-state index contributed by atoms with van der Waals surface area (Å²) in [5, 5.41) is 5.06. The summed E-state index contributed by atoms with van der Waals surface area (Å²) in [6.45, 7) is 3.93. The first-order valence-corrected chi connectivity index (χ1v) is 7.11. The number of nitrogens with one attached hydrogen (secondary N) is 1. The van der Waals surface area contributed by atoms with Gasteiger partial charge in [0.25, 0.3) is 0 Å². The van der Waals surface area contributed by atoms with Crippen molar-refractivity contribution in [3.8, 4) is 5.69 Å². The van der Waals surface area contributed by atoms with Crippen LogP contribution in [0.1, 0.15) is 25.1 Å². The number of thiophene rings is 1. The fourth-order valence-electron chi connectivity index (χ4n) is 2.25. The molecule has 5 heteroatoms. The van der Waals surface area contributed by atoms with Gasteiger partial charge in [-0.15, -0.1) is 11.3 Å². The van der Waals surface area contributed by atoms with Crippen LogP contribution in [-0.4, -0.2) is 15.5 Å². The Kier molecular flexibility index (Phi) is 2.98. The lowest BCUT2D eigenvalue weighted by molar-refractivity contribution is -0.123. The van der Waals surface area contributed by atoms with Crippen LogP contribution in [0.25, 0.3) is 11.3 Å². The highest BCUT2D eigenvalue weighted by Crippen LogP contribution is 2.33. The third-order valence-electron chi connectivity index (χ3n) is 3.41. The zero-order valence-corrected chi connectivity index (χ0v) is 11.7. The van der Waals surface area contributed by atoms with Crippen molar-refractivity contribution in [3.63, 3.8) is 0 Å². The number of carbonyl (C=O) groups excluding carboxylic acids is 1. The largest absolute Gasteiger partial charge is 0.330 e. The van der Waals surface area contributed by atoms with Gasteiger partial charge in [0.1, 0.15) is 0 Å². The molecule has 2 aromatic rings. The third kappa shape index (κ3) is 2.21. The number of hydrogen-bond acceptors (Lipinski definition) is 3. The summed E-state index contributed by atoms with van der Waals surface area (Å²) in [6, 6.07) is 2.15. The molecule has 0 radical (unpaired) electrons. The molecule has 0 saturated heterocycles. The lowest BCUT2D eigenvalue weighted by Gasteiger charge is -2.22. The van der Waals surface area contributed by atoms with Crippen LogP contribution in [0, 0.1) is 5.92 Å². The van der Waals surface area contributed by atoms with Crippen molar-refractivity contribution < 1.29 is 4.79 Å². The topological polar surface area (TPSA) is 46.9 Å². The maximum absolute atomic E-state index is 11.6. The van der Waals surface area contributed by atoms with E-state index < -0.39 is 0 Å². The highest BCUT2D eigenvalue weighted by Gasteiger charge is 2.24. The van der Waals surface area contributed by atoms with Crippen LogP contribution in [0.15, 0.2) is 35.9 Å². The smallest absolute Gasteiger partial charge is 0.227 e. The highest BCUT2D eigenvalue weighted by molar-refractivity contribution is 7.11. The number of allylic oxidation sites excluding steroid dienone is 2. The van der Waals surface area contributed by atoms with E-state index in [0.29, 0.717) is 0 Å². The SMILES string of the molecule is CC1=C(c2cc(-n3ccnc3)cs2)CC(C)C(=O)N1. The first kappa shape index (κ1) is 12.2. The molecular weight excluding hydrogens is 258 g/mol. The molecule has 19 heavy (non-hydrogen) atoms. The number of amides is 1. The first-order valence-electron chi connectivity index (χ1n) is 6.23. The standard InChI is InChI=1S/C14H15N3OS/c1-9-5-12(10(2)16-14(9)18)13-6-11(7-19-13)17-4-3-15-8-17/h3-4,6-9H,5H2,1-2H3,(H,16,18). The number of hydrogen-bond donors (Lipinski definition) is 1. The highest BCUT2D eigenvalue weighted by atomic mass is 32.1. The summed E-state index contributed by atoms with van der Waals surface area (Å²) in [4.78, 5) is 16.9. The quantitative estimate of drug-likeness (QED) is 0.914. The molecule has 0 aromatic carbocycles. The van der Waals surface area contributed by atoms with Crippen molar-refractivity contribution in [2.24, 2.45) is 5.92 Å². The van der Waals surface area contributed by atoms with Crippen LogP contribution in [-0.2, 0) is 4.79 Å². The van der Waals surface area contributed by atoms with Crippen molar-refractivity contribution in [1.29, 1.82) is 0 Å². The van der Waals surface area contributed by atoms with Gasteiger partial charge in [-0.2, -0.15) is 0 Å². The molecule has 0 bridgehead atoms. The molecule has 3 rings (SSSR count). The molecule has 98 valence electrons. The Morgan fingerprint density at radius 2 is 2.37 bits per heavy atom. The molecule has 2 aromatic heterocycles. The van der Waals surface area contributed by atoms with E-state index in [0.717, 1.165) is 17.8 Å². The Balaban J connectivity index is 1.95. The van der Waals surface area contributed by atoms with E-state index in [9.17, 15) is 4.79 Å². The van der Waals surface area contributed by atoms with Gasteiger partial charge >= 0.3 is 0 Å². The summed E-state index contributed by atoms with van der Waals surface area (Å²) < 4.78 is 1.99. The second-order valence-corrected chi connectivity index (χ2v) is 5.75. The summed E-state index contributed by atoms with van der Waals surface area (Å²) >= 11 is 1.70. The molecular formula is C14H15N3OS. The predicted octanol–water partition coefficient (Wildman–Crippen LogP) is 2.82. The summed E-state index contributed by atoms with van der Waals surface area (Å²) in [7, 11) is 0. The first-order chi connectivity index (χ1) is 9.15. The zero-order chi connectivity index (χ0) is 13.4. The average molecular weight is 273 g/mol. The number of nitrogens with zero attached hydrogens (tertiary/aromatic N) is 2. The molecule has 1 atom stereocenters. The second kappa shape index (κ2) is 4.66. The number of carbonyl (C=O) groups is 1. The molecule has 1 N–H and O–H groups in total. The van der Waals surface area contributed by atoms with Gasteiger partial charge in [-0.05, 0) is 25.0 Å². The Morgan fingerprint density at radius 3 is 3.11 bits per heavy atom. The Hall–Kier alpha value is -1.88. The lowest BCUT2D eigenvalue weighted by Crippen LogP contribution is -2.32. The zero-order valence-electron chi connectivity index (χ0n) is 10.9. The Labute approximate surface area is 115 Å². The summed E-state index contributed by atoms with van der Waals surface area (Å²) in [6.07, 6.45) is 6.29. The van der Waals surface area contributed by atoms with Crippen LogP contribution in [0.3, 0.4) is 0 Å². The van der Waals surface area contributed by atoms with E-state index >= 15 is 0 Å². The molecule has 0 fully saturated rings. The average Bonchev–Trinajstić information content (AvgIpc) is 3.03. The van der Waals surface area contributed by atoms with E-state index in [2.05, 4.69) is 21.7 Å². The molecule has 1 aliphatic rings. The van der Waals surface area contributed by atoms with Gasteiger partial charge < -0.3 is 9.88 Å². The summed E-state index contributed by atoms with van der Waals surface area (Å²) in [5.41, 5.74) is 3.33. The minimum absolute atomic E-state index is 0.0393. The molecule has 3 heterocycles. The predicted molar refractivity (Wildman–Crippen MR) is 76.0 cm³/mol. The van der Waals surface area contributed by atoms with Crippen molar-refractivity contribution in [1.82, 2.24) is 14.9 Å². The van der Waals surface area contributed by atoms with Crippen molar-refractivity contribution in [2.75, 3.05) is 0 Å². The van der Waals surface area contributed by atoms with Gasteiger partial charge in [-0.25, -0.2) is 4.98 Å². The normalized spacial score (nSPS) is 19.7. The maximum atomic E-state index is 11.6. The van der Waals surface area contributed by atoms with Crippen LogP contribution in [0.2, 0.25) is 0 Å². The lowest BCUT2D eigenvalue weighted by atomic mass is 9.94. The molecule has 0 spiro atoms. The number of rotatable bonds is 2. The van der Waals surface area contributed by atoms with Gasteiger partial charge in [0, 0.05) is 34.3 Å². The van der Waals surface area contributed by atoms with Gasteiger partial charge in [0.2, 0.25) is 5.91 Å². The van der Waals surface area contributed by atoms with Crippen molar-refractivity contribution in [2.45, 2.75) is 20.3 Å². The van der Waals surface area contributed by atoms with Crippen LogP contribution in [0.5, 0.6) is 0 Å². The third-order valence-corrected chi connectivity index (χ3v) is 4.38. The van der Waals surface area contributed by atoms with E-state index in [1.807, 2.05) is 24.6 Å². The monoisotopic (exact) mass is 273 g/mol. The van der Waals surface area contributed by atoms with Crippen molar-refractivity contribution >= 4 is 22.8 Å². The van der Waals surface area contributed by atoms with Gasteiger partial charge in [-0.3, -0.25) is 4.79 Å². The number of imidazole rings is 1. The molecule has 1 aliphatic heterocycles. The number of aromatic nitrogens is 2. The van der Waals surface area contributed by atoms with Gasteiger partial charge in [-0.1, -0.05) is 6.92 Å². The minimum Gasteiger partial charge on any atom is -0.330 e. The minimum atomic E-state index is 0.0393. The van der Waals surface area contributed by atoms with Crippen LogP contribution < -0.4 is 5.32 Å². The second-order valence-electron chi connectivity index (χ2n) is 4.84. The van der Waals surface area contributed by atoms with Gasteiger partial charge in [0.15, 0.2) is 0 Å². The summed E-state index contributed by atoms with van der Waals surface area (Å²) in [5.74, 6) is 0.158. The Morgan fingerprint density at radius 1 is 1.53 bits per heavy atom. The van der Waals surface area contributed by atoms with Crippen LogP contribution >= 0.6 is 11.3 Å². The maximum Gasteiger partial charge on any atom is 0.227 e. The molecule has 1 unspecified atom stereocenters. The van der Waals surface area contributed by atoms with Crippen LogP contribution in [0.4, 0.5) is 0 Å².